The standard InChI is InChI=1S/C15H14FNO2/c16-12-8-6-11(7-9-12)14(10-18)15(19)17-13-4-2-1-3-5-13/h1-9,14,18H,10H2,(H,17,19)/t14-/m1/s1. The van der Waals surface area contributed by atoms with E-state index in [4.69, 9.17) is 0 Å². The first-order valence-electron chi connectivity index (χ1n) is 5.93. The van der Waals surface area contributed by atoms with E-state index in [1.165, 1.54) is 24.3 Å². The highest BCUT2D eigenvalue weighted by molar-refractivity contribution is 5.95. The molecule has 2 aromatic carbocycles. The first-order valence-corrected chi connectivity index (χ1v) is 5.93. The van der Waals surface area contributed by atoms with Gasteiger partial charge in [-0.2, -0.15) is 0 Å². The molecule has 19 heavy (non-hydrogen) atoms. The summed E-state index contributed by atoms with van der Waals surface area (Å²) in [6, 6.07) is 14.5. The number of carbonyl (C=O) groups excluding carboxylic acids is 1. The van der Waals surface area contributed by atoms with Gasteiger partial charge in [-0.1, -0.05) is 30.3 Å². The SMILES string of the molecule is O=C(Nc1ccccc1)[C@H](CO)c1ccc(F)cc1. The lowest BCUT2D eigenvalue weighted by molar-refractivity contribution is -0.118. The molecule has 0 aliphatic carbocycles. The highest BCUT2D eigenvalue weighted by atomic mass is 19.1. The van der Waals surface area contributed by atoms with E-state index in [9.17, 15) is 14.3 Å². The number of anilines is 1. The average molecular weight is 259 g/mol. The molecule has 98 valence electrons. The summed E-state index contributed by atoms with van der Waals surface area (Å²) in [6.07, 6.45) is 0. The van der Waals surface area contributed by atoms with Crippen molar-refractivity contribution in [3.63, 3.8) is 0 Å². The number of amides is 1. The van der Waals surface area contributed by atoms with Gasteiger partial charge in [0.25, 0.3) is 0 Å². The maximum Gasteiger partial charge on any atom is 0.234 e. The van der Waals surface area contributed by atoms with E-state index in [0.29, 0.717) is 11.3 Å². The predicted octanol–water partition coefficient (Wildman–Crippen LogP) is 2.54. The summed E-state index contributed by atoms with van der Waals surface area (Å²) in [5, 5.41) is 12.1. The molecule has 3 nitrogen and oxygen atoms in total. The van der Waals surface area contributed by atoms with E-state index in [1.807, 2.05) is 18.2 Å². The zero-order chi connectivity index (χ0) is 13.7. The van der Waals surface area contributed by atoms with Crippen LogP contribution in [0.3, 0.4) is 0 Å². The molecule has 0 saturated carbocycles. The van der Waals surface area contributed by atoms with Gasteiger partial charge in [0.2, 0.25) is 5.91 Å². The van der Waals surface area contributed by atoms with Crippen LogP contribution in [0.15, 0.2) is 54.6 Å². The fraction of sp³-hybridized carbons (Fsp3) is 0.133. The molecule has 0 radical (unpaired) electrons. The minimum Gasteiger partial charge on any atom is -0.395 e. The van der Waals surface area contributed by atoms with Crippen LogP contribution in [0.2, 0.25) is 0 Å². The second-order valence-corrected chi connectivity index (χ2v) is 4.14. The van der Waals surface area contributed by atoms with Gasteiger partial charge in [-0.25, -0.2) is 4.39 Å². The third-order valence-corrected chi connectivity index (χ3v) is 2.81. The zero-order valence-corrected chi connectivity index (χ0v) is 10.2. The van der Waals surface area contributed by atoms with Gasteiger partial charge in [0, 0.05) is 5.69 Å². The summed E-state index contributed by atoms with van der Waals surface area (Å²) in [4.78, 5) is 12.1. The number of halogens is 1. The van der Waals surface area contributed by atoms with Crippen LogP contribution in [0.1, 0.15) is 11.5 Å². The Morgan fingerprint density at radius 3 is 2.32 bits per heavy atom. The average Bonchev–Trinajstić information content (AvgIpc) is 2.43. The van der Waals surface area contributed by atoms with E-state index in [2.05, 4.69) is 5.32 Å². The number of aliphatic hydroxyl groups is 1. The second kappa shape index (κ2) is 6.11. The molecule has 0 spiro atoms. The van der Waals surface area contributed by atoms with Crippen molar-refractivity contribution in [1.82, 2.24) is 0 Å². The maximum absolute atomic E-state index is 12.8. The molecule has 1 amide bonds. The number of nitrogens with one attached hydrogen (secondary N) is 1. The quantitative estimate of drug-likeness (QED) is 0.886. The Morgan fingerprint density at radius 1 is 1.11 bits per heavy atom. The van der Waals surface area contributed by atoms with Crippen LogP contribution in [0.5, 0.6) is 0 Å². The first-order chi connectivity index (χ1) is 9.20. The molecule has 0 fully saturated rings. The third-order valence-electron chi connectivity index (χ3n) is 2.81. The van der Waals surface area contributed by atoms with Gasteiger partial charge >= 0.3 is 0 Å². The summed E-state index contributed by atoms with van der Waals surface area (Å²) in [7, 11) is 0. The molecule has 0 bridgehead atoms. The predicted molar refractivity (Wildman–Crippen MR) is 71.3 cm³/mol. The number of carbonyl (C=O) groups is 1. The van der Waals surface area contributed by atoms with E-state index in [0.717, 1.165) is 0 Å². The fourth-order valence-corrected chi connectivity index (χ4v) is 1.79. The molecule has 2 rings (SSSR count). The Bertz CT molecular complexity index is 540. The van der Waals surface area contributed by atoms with Crippen LogP contribution in [-0.4, -0.2) is 17.6 Å². The monoisotopic (exact) mass is 259 g/mol. The Kier molecular flexibility index (Phi) is 4.26. The molecule has 2 N–H and O–H groups in total. The van der Waals surface area contributed by atoms with Crippen molar-refractivity contribution in [1.29, 1.82) is 0 Å². The number of hydrogen-bond donors (Lipinski definition) is 2. The van der Waals surface area contributed by atoms with Gasteiger partial charge in [0.15, 0.2) is 0 Å². The smallest absolute Gasteiger partial charge is 0.234 e. The minimum atomic E-state index is -0.708. The normalized spacial score (nSPS) is 11.9. The number of rotatable bonds is 4. The fourth-order valence-electron chi connectivity index (χ4n) is 1.79. The van der Waals surface area contributed by atoms with Gasteiger partial charge in [-0.05, 0) is 29.8 Å². The van der Waals surface area contributed by atoms with Crippen molar-refractivity contribution < 1.29 is 14.3 Å². The summed E-state index contributed by atoms with van der Waals surface area (Å²) < 4.78 is 12.8. The molecule has 1 atom stereocenters. The number of aliphatic hydroxyl groups excluding tert-OH is 1. The molecule has 0 heterocycles. The van der Waals surface area contributed by atoms with Crippen LogP contribution in [-0.2, 0) is 4.79 Å². The van der Waals surface area contributed by atoms with E-state index in [1.54, 1.807) is 12.1 Å². The highest BCUT2D eigenvalue weighted by Crippen LogP contribution is 2.18. The van der Waals surface area contributed by atoms with Crippen molar-refractivity contribution >= 4 is 11.6 Å². The molecule has 0 saturated heterocycles. The maximum atomic E-state index is 12.8. The van der Waals surface area contributed by atoms with Crippen molar-refractivity contribution in [2.75, 3.05) is 11.9 Å². The molecule has 0 unspecified atom stereocenters. The van der Waals surface area contributed by atoms with Crippen molar-refractivity contribution in [3.8, 4) is 0 Å². The molecule has 0 aromatic heterocycles. The van der Waals surface area contributed by atoms with E-state index < -0.39 is 5.92 Å². The Labute approximate surface area is 110 Å². The number of benzene rings is 2. The van der Waals surface area contributed by atoms with Crippen LogP contribution in [0.4, 0.5) is 10.1 Å². The van der Waals surface area contributed by atoms with E-state index >= 15 is 0 Å². The molecule has 0 aliphatic heterocycles. The lowest BCUT2D eigenvalue weighted by Crippen LogP contribution is -2.23. The molecule has 2 aromatic rings. The van der Waals surface area contributed by atoms with Gasteiger partial charge in [0.05, 0.1) is 12.5 Å². The topological polar surface area (TPSA) is 49.3 Å². The van der Waals surface area contributed by atoms with Gasteiger partial charge < -0.3 is 10.4 Å². The largest absolute Gasteiger partial charge is 0.395 e. The second-order valence-electron chi connectivity index (χ2n) is 4.14. The van der Waals surface area contributed by atoms with Gasteiger partial charge in [-0.15, -0.1) is 0 Å². The van der Waals surface area contributed by atoms with Crippen LogP contribution in [0, 0.1) is 5.82 Å². The summed E-state index contributed by atoms with van der Waals surface area (Å²) in [5.41, 5.74) is 1.24. The molecular formula is C15H14FNO2. The van der Waals surface area contributed by atoms with Crippen molar-refractivity contribution in [2.24, 2.45) is 0 Å². The number of para-hydroxylation sites is 1. The molecular weight excluding hydrogens is 245 g/mol. The summed E-state index contributed by atoms with van der Waals surface area (Å²) >= 11 is 0. The van der Waals surface area contributed by atoms with Crippen LogP contribution in [0.25, 0.3) is 0 Å². The zero-order valence-electron chi connectivity index (χ0n) is 10.2. The van der Waals surface area contributed by atoms with E-state index in [-0.39, 0.29) is 18.3 Å². The van der Waals surface area contributed by atoms with Gasteiger partial charge in [-0.3, -0.25) is 4.79 Å². The molecule has 0 aliphatic rings. The highest BCUT2D eigenvalue weighted by Gasteiger charge is 2.19. The minimum absolute atomic E-state index is 0.319. The summed E-state index contributed by atoms with van der Waals surface area (Å²) in [5.74, 6) is -1.40. The number of hydrogen-bond acceptors (Lipinski definition) is 2. The Balaban J connectivity index is 2.13. The van der Waals surface area contributed by atoms with Crippen molar-refractivity contribution in [2.45, 2.75) is 5.92 Å². The summed E-state index contributed by atoms with van der Waals surface area (Å²) in [6.45, 7) is -0.329. The Hall–Kier alpha value is -2.20. The van der Waals surface area contributed by atoms with Crippen LogP contribution >= 0.6 is 0 Å². The first kappa shape index (κ1) is 13.2. The lowest BCUT2D eigenvalue weighted by Gasteiger charge is -2.14. The molecule has 4 heteroatoms. The third kappa shape index (κ3) is 3.39. The van der Waals surface area contributed by atoms with Gasteiger partial charge in [0.1, 0.15) is 5.82 Å². The van der Waals surface area contributed by atoms with Crippen molar-refractivity contribution in [3.05, 3.63) is 66.0 Å². The Morgan fingerprint density at radius 2 is 1.74 bits per heavy atom. The van der Waals surface area contributed by atoms with Crippen LogP contribution < -0.4 is 5.32 Å². The lowest BCUT2D eigenvalue weighted by atomic mass is 9.99.